The second kappa shape index (κ2) is 7.20. The van der Waals surface area contributed by atoms with Gasteiger partial charge in [0.15, 0.2) is 23.5 Å². The highest BCUT2D eigenvalue weighted by molar-refractivity contribution is 7.32. The van der Waals surface area contributed by atoms with Crippen LogP contribution in [0.1, 0.15) is 33.4 Å². The second-order valence-corrected chi connectivity index (χ2v) is 7.02. The molecule has 2 aromatic rings. The summed E-state index contributed by atoms with van der Waals surface area (Å²) in [5.41, 5.74) is -0.291. The van der Waals surface area contributed by atoms with Crippen molar-refractivity contribution in [2.75, 3.05) is 5.32 Å². The summed E-state index contributed by atoms with van der Waals surface area (Å²) in [7, 11) is -2.82. The number of ether oxygens (including phenoxy) is 1. The van der Waals surface area contributed by atoms with Crippen molar-refractivity contribution < 1.29 is 23.5 Å². The molecule has 0 aliphatic carbocycles. The highest BCUT2D eigenvalue weighted by atomic mass is 31.1. The van der Waals surface area contributed by atoms with Crippen molar-refractivity contribution in [3.05, 3.63) is 16.7 Å². The maximum atomic E-state index is 12.2. The number of hydrogen-bond donors (Lipinski definition) is 3. The summed E-state index contributed by atoms with van der Waals surface area (Å²) in [4.78, 5) is 43.9. The molecule has 0 aromatic carbocycles. The molecule has 1 aliphatic heterocycles. The van der Waals surface area contributed by atoms with Gasteiger partial charge in [-0.15, -0.1) is 9.42 Å². The number of imidazole rings is 1. The summed E-state index contributed by atoms with van der Waals surface area (Å²) in [6.07, 6.45) is 0.0469. The zero-order valence-electron chi connectivity index (χ0n) is 14.4. The molecule has 3 rings (SSSR count). The molecule has 0 saturated carbocycles. The quantitative estimate of drug-likeness (QED) is 0.648. The monoisotopic (exact) mass is 384 g/mol. The number of fused-ring (bicyclic) bond motifs is 1. The third-order valence-electron chi connectivity index (χ3n) is 3.95. The van der Waals surface area contributed by atoms with E-state index in [0.29, 0.717) is 6.42 Å². The number of aromatic amines is 1. The first-order valence-electron chi connectivity index (χ1n) is 8.02. The van der Waals surface area contributed by atoms with Crippen molar-refractivity contribution in [1.29, 1.82) is 0 Å². The predicted molar refractivity (Wildman–Crippen MR) is 90.5 cm³/mol. The van der Waals surface area contributed by atoms with Gasteiger partial charge in [-0.3, -0.25) is 24.5 Å². The first kappa shape index (κ1) is 18.6. The van der Waals surface area contributed by atoms with Crippen molar-refractivity contribution in [3.63, 3.8) is 0 Å². The van der Waals surface area contributed by atoms with E-state index in [0.717, 1.165) is 0 Å². The van der Waals surface area contributed by atoms with Crippen LogP contribution >= 0.6 is 8.25 Å². The van der Waals surface area contributed by atoms with Gasteiger partial charge in [0.2, 0.25) is 11.9 Å². The summed E-state index contributed by atoms with van der Waals surface area (Å²) in [5.74, 6) is -0.610. The molecule has 1 fully saturated rings. The van der Waals surface area contributed by atoms with E-state index in [1.807, 2.05) is 0 Å². The van der Waals surface area contributed by atoms with Gasteiger partial charge in [-0.25, -0.2) is 4.98 Å². The highest BCUT2D eigenvalue weighted by Crippen LogP contribution is 2.37. The summed E-state index contributed by atoms with van der Waals surface area (Å²) in [6, 6.07) is 0. The molecule has 140 valence electrons. The Morgan fingerprint density at radius 1 is 1.58 bits per heavy atom. The third-order valence-corrected chi connectivity index (χ3v) is 4.40. The maximum Gasteiger partial charge on any atom is 0.695 e. The minimum absolute atomic E-state index is 0.0142. The van der Waals surface area contributed by atoms with E-state index in [-0.39, 0.29) is 35.0 Å². The fraction of sp³-hybridized carbons (Fsp3) is 0.571. The van der Waals surface area contributed by atoms with Crippen molar-refractivity contribution in [2.24, 2.45) is 5.92 Å². The zero-order chi connectivity index (χ0) is 19.0. The van der Waals surface area contributed by atoms with Gasteiger partial charge in [0, 0.05) is 16.9 Å². The van der Waals surface area contributed by atoms with Gasteiger partial charge in [0.05, 0.1) is 12.4 Å². The lowest BCUT2D eigenvalue weighted by atomic mass is 10.2. The van der Waals surface area contributed by atoms with Gasteiger partial charge >= 0.3 is 8.25 Å². The van der Waals surface area contributed by atoms with Gasteiger partial charge in [0.1, 0.15) is 0 Å². The van der Waals surface area contributed by atoms with Crippen LogP contribution < -0.4 is 10.9 Å². The lowest BCUT2D eigenvalue weighted by Crippen LogP contribution is -2.24. The van der Waals surface area contributed by atoms with E-state index in [1.54, 1.807) is 20.8 Å². The molecule has 26 heavy (non-hydrogen) atoms. The van der Waals surface area contributed by atoms with Crippen LogP contribution in [0.5, 0.6) is 0 Å². The predicted octanol–water partition coefficient (Wildman–Crippen LogP) is 1.06. The highest BCUT2D eigenvalue weighted by Gasteiger charge is 2.41. The lowest BCUT2D eigenvalue weighted by Gasteiger charge is -2.16. The fourth-order valence-corrected chi connectivity index (χ4v) is 3.13. The van der Waals surface area contributed by atoms with E-state index in [2.05, 4.69) is 20.3 Å². The fourth-order valence-electron chi connectivity index (χ4n) is 2.71. The molecule has 1 aliphatic rings. The molecule has 11 nitrogen and oxygen atoms in total. The molecule has 4 atom stereocenters. The van der Waals surface area contributed by atoms with Crippen LogP contribution in [0.25, 0.3) is 11.2 Å². The second-order valence-electron chi connectivity index (χ2n) is 6.34. The number of nitrogens with one attached hydrogen (secondary N) is 2. The van der Waals surface area contributed by atoms with Crippen LogP contribution in [0, 0.1) is 5.92 Å². The molecular formula is C14H19N5O6P+. The SMILES string of the molecule is CC(C)C(=O)Nc1nc2c(ncn2[C@@H]2O[C@H](C)C[C@H]2O[P+](=O)O)c(=O)[nH]1. The van der Waals surface area contributed by atoms with Gasteiger partial charge in [-0.05, 0) is 6.92 Å². The Labute approximate surface area is 148 Å². The van der Waals surface area contributed by atoms with Crippen LogP contribution in [-0.2, 0) is 18.6 Å². The summed E-state index contributed by atoms with van der Waals surface area (Å²) < 4.78 is 23.3. The molecule has 2 aromatic heterocycles. The molecule has 12 heteroatoms. The molecule has 0 radical (unpaired) electrons. The van der Waals surface area contributed by atoms with Crippen molar-refractivity contribution >= 4 is 31.3 Å². The Bertz CT molecular complexity index is 909. The van der Waals surface area contributed by atoms with Crippen LogP contribution in [0.2, 0.25) is 0 Å². The molecule has 3 heterocycles. The Morgan fingerprint density at radius 3 is 2.96 bits per heavy atom. The number of H-pyrrole nitrogens is 1. The number of anilines is 1. The van der Waals surface area contributed by atoms with Gasteiger partial charge in [-0.1, -0.05) is 13.8 Å². The summed E-state index contributed by atoms with van der Waals surface area (Å²) >= 11 is 0. The maximum absolute atomic E-state index is 12.2. The standard InChI is InChI=1S/C14H18N5O6P/c1-6(2)11(20)17-14-16-10-9(12(21)18-14)15-5-19(10)13-8(25-26(22)23)4-7(3)24-13/h5-8,13H,4H2,1-3H3,(H2-,16,17,18,20,21,22,23)/p+1/t7-,8-,13-/m1/s1. The number of rotatable bonds is 5. The number of amides is 1. The number of carbonyl (C=O) groups is 1. The van der Waals surface area contributed by atoms with Crippen LogP contribution in [0.3, 0.4) is 0 Å². The topological polar surface area (TPSA) is 148 Å². The average Bonchev–Trinajstić information content (AvgIpc) is 3.10. The van der Waals surface area contributed by atoms with Crippen molar-refractivity contribution in [1.82, 2.24) is 19.5 Å². The molecule has 1 amide bonds. The van der Waals surface area contributed by atoms with E-state index >= 15 is 0 Å². The van der Waals surface area contributed by atoms with Crippen molar-refractivity contribution in [2.45, 2.75) is 45.6 Å². The largest absolute Gasteiger partial charge is 0.695 e. The zero-order valence-corrected chi connectivity index (χ0v) is 15.3. The number of aromatic nitrogens is 4. The van der Waals surface area contributed by atoms with E-state index in [9.17, 15) is 14.2 Å². The van der Waals surface area contributed by atoms with E-state index in [1.165, 1.54) is 10.9 Å². The minimum atomic E-state index is -2.82. The van der Waals surface area contributed by atoms with Crippen LogP contribution in [0.15, 0.2) is 11.1 Å². The average molecular weight is 384 g/mol. The van der Waals surface area contributed by atoms with Crippen LogP contribution in [-0.4, -0.2) is 42.5 Å². The molecule has 1 saturated heterocycles. The van der Waals surface area contributed by atoms with Gasteiger partial charge < -0.3 is 4.74 Å². The lowest BCUT2D eigenvalue weighted by molar-refractivity contribution is -0.118. The Morgan fingerprint density at radius 2 is 2.31 bits per heavy atom. The van der Waals surface area contributed by atoms with Gasteiger partial charge in [-0.2, -0.15) is 4.98 Å². The van der Waals surface area contributed by atoms with Crippen LogP contribution in [0.4, 0.5) is 5.95 Å². The van der Waals surface area contributed by atoms with E-state index < -0.39 is 26.1 Å². The smallest absolute Gasteiger partial charge is 0.352 e. The number of nitrogens with zero attached hydrogens (tertiary/aromatic N) is 3. The molecule has 0 bridgehead atoms. The molecule has 3 N–H and O–H groups in total. The minimum Gasteiger partial charge on any atom is -0.352 e. The van der Waals surface area contributed by atoms with Crippen molar-refractivity contribution in [3.8, 4) is 0 Å². The normalized spacial score (nSPS) is 23.6. The molecule has 1 unspecified atom stereocenters. The Hall–Kier alpha value is -2.20. The number of hydrogen-bond acceptors (Lipinski definition) is 7. The van der Waals surface area contributed by atoms with E-state index in [4.69, 9.17) is 14.2 Å². The first-order chi connectivity index (χ1) is 12.3. The third kappa shape index (κ3) is 3.65. The summed E-state index contributed by atoms with van der Waals surface area (Å²) in [6.45, 7) is 5.22. The number of carbonyl (C=O) groups excluding carboxylic acids is 1. The summed E-state index contributed by atoms with van der Waals surface area (Å²) in [5, 5.41) is 2.53. The Kier molecular flexibility index (Phi) is 5.15. The molecular weight excluding hydrogens is 365 g/mol. The molecule has 0 spiro atoms. The van der Waals surface area contributed by atoms with Gasteiger partial charge in [0.25, 0.3) is 5.56 Å². The Balaban J connectivity index is 2.01. The first-order valence-corrected chi connectivity index (χ1v) is 9.15.